The van der Waals surface area contributed by atoms with Crippen LogP contribution in [0, 0.1) is 0 Å². The molecule has 2 rings (SSSR count). The van der Waals surface area contributed by atoms with E-state index in [2.05, 4.69) is 4.98 Å². The molecule has 0 bridgehead atoms. The summed E-state index contributed by atoms with van der Waals surface area (Å²) in [7, 11) is 1.88. The van der Waals surface area contributed by atoms with Crippen molar-refractivity contribution >= 4 is 28.9 Å². The summed E-state index contributed by atoms with van der Waals surface area (Å²) in [5.41, 5.74) is 6.60. The van der Waals surface area contributed by atoms with Gasteiger partial charge in [0.15, 0.2) is 5.95 Å². The van der Waals surface area contributed by atoms with Gasteiger partial charge in [0.2, 0.25) is 0 Å². The maximum Gasteiger partial charge on any atom is 0.200 e. The first kappa shape index (κ1) is 8.59. The highest BCUT2D eigenvalue weighted by atomic mass is 35.5. The standard InChI is InChI=1S/C8H8ClN3S/c1-12-5(4-11-8(12)10)6-2-3-7(9)13-6/h2-4H,1H3,(H2,10,11). The molecule has 2 aromatic heterocycles. The lowest BCUT2D eigenvalue weighted by Gasteiger charge is -1.98. The Morgan fingerprint density at radius 1 is 1.54 bits per heavy atom. The Bertz CT molecular complexity index is 432. The van der Waals surface area contributed by atoms with E-state index < -0.39 is 0 Å². The monoisotopic (exact) mass is 213 g/mol. The maximum atomic E-state index is 5.83. The molecule has 0 unspecified atom stereocenters. The van der Waals surface area contributed by atoms with Crippen molar-refractivity contribution < 1.29 is 0 Å². The second-order valence-electron chi connectivity index (χ2n) is 2.66. The number of hydrogen-bond acceptors (Lipinski definition) is 3. The molecule has 2 aromatic rings. The van der Waals surface area contributed by atoms with Crippen LogP contribution in [0.4, 0.5) is 5.95 Å². The average molecular weight is 214 g/mol. The Hall–Kier alpha value is -1.00. The maximum absolute atomic E-state index is 5.83. The molecule has 68 valence electrons. The number of imidazole rings is 1. The first-order valence-corrected chi connectivity index (χ1v) is 4.91. The predicted molar refractivity (Wildman–Crippen MR) is 55.9 cm³/mol. The summed E-state index contributed by atoms with van der Waals surface area (Å²) in [6.45, 7) is 0. The molecular formula is C8H8ClN3S. The molecule has 3 nitrogen and oxygen atoms in total. The summed E-state index contributed by atoms with van der Waals surface area (Å²) >= 11 is 7.34. The van der Waals surface area contributed by atoms with E-state index in [9.17, 15) is 0 Å². The Morgan fingerprint density at radius 2 is 2.31 bits per heavy atom. The number of anilines is 1. The van der Waals surface area contributed by atoms with Crippen LogP contribution in [0.5, 0.6) is 0 Å². The molecule has 0 amide bonds. The van der Waals surface area contributed by atoms with E-state index in [0.717, 1.165) is 14.9 Å². The van der Waals surface area contributed by atoms with Crippen LogP contribution < -0.4 is 5.73 Å². The third-order valence-electron chi connectivity index (χ3n) is 1.85. The van der Waals surface area contributed by atoms with Crippen LogP contribution in [-0.4, -0.2) is 9.55 Å². The average Bonchev–Trinajstić information content (AvgIpc) is 2.62. The zero-order valence-corrected chi connectivity index (χ0v) is 8.56. The van der Waals surface area contributed by atoms with Crippen LogP contribution in [-0.2, 0) is 7.05 Å². The molecule has 13 heavy (non-hydrogen) atoms. The number of hydrogen-bond donors (Lipinski definition) is 1. The number of nitrogens with two attached hydrogens (primary N) is 1. The van der Waals surface area contributed by atoms with Gasteiger partial charge in [-0.05, 0) is 12.1 Å². The van der Waals surface area contributed by atoms with E-state index in [0.29, 0.717) is 5.95 Å². The molecule has 0 aliphatic carbocycles. The van der Waals surface area contributed by atoms with Gasteiger partial charge in [0.25, 0.3) is 0 Å². The van der Waals surface area contributed by atoms with Gasteiger partial charge in [-0.25, -0.2) is 4.98 Å². The topological polar surface area (TPSA) is 43.8 Å². The van der Waals surface area contributed by atoms with Crippen LogP contribution in [0.25, 0.3) is 10.6 Å². The zero-order valence-electron chi connectivity index (χ0n) is 6.99. The quantitative estimate of drug-likeness (QED) is 0.791. The molecule has 0 saturated carbocycles. The molecule has 0 saturated heterocycles. The number of aromatic nitrogens is 2. The Kier molecular flexibility index (Phi) is 2.01. The van der Waals surface area contributed by atoms with Gasteiger partial charge in [0.05, 0.1) is 21.1 Å². The summed E-state index contributed by atoms with van der Waals surface area (Å²) in [5, 5.41) is 0. The van der Waals surface area contributed by atoms with Gasteiger partial charge in [0, 0.05) is 7.05 Å². The van der Waals surface area contributed by atoms with Gasteiger partial charge < -0.3 is 10.3 Å². The summed E-state index contributed by atoms with van der Waals surface area (Å²) in [5.74, 6) is 0.513. The van der Waals surface area contributed by atoms with Gasteiger partial charge in [-0.2, -0.15) is 0 Å². The van der Waals surface area contributed by atoms with Crippen LogP contribution in [0.1, 0.15) is 0 Å². The first-order chi connectivity index (χ1) is 6.18. The molecule has 0 atom stereocenters. The van der Waals surface area contributed by atoms with Crippen molar-refractivity contribution in [3.63, 3.8) is 0 Å². The number of thiophene rings is 1. The Morgan fingerprint density at radius 3 is 2.77 bits per heavy atom. The van der Waals surface area contributed by atoms with Crippen molar-refractivity contribution in [2.24, 2.45) is 7.05 Å². The number of rotatable bonds is 1. The second-order valence-corrected chi connectivity index (χ2v) is 4.38. The largest absolute Gasteiger partial charge is 0.369 e. The molecule has 0 aliphatic rings. The van der Waals surface area contributed by atoms with Gasteiger partial charge in [-0.1, -0.05) is 11.6 Å². The van der Waals surface area contributed by atoms with Crippen molar-refractivity contribution in [1.29, 1.82) is 0 Å². The molecule has 0 aromatic carbocycles. The van der Waals surface area contributed by atoms with Crippen molar-refractivity contribution in [2.45, 2.75) is 0 Å². The third-order valence-corrected chi connectivity index (χ3v) is 3.10. The van der Waals surface area contributed by atoms with E-state index >= 15 is 0 Å². The first-order valence-electron chi connectivity index (χ1n) is 3.71. The van der Waals surface area contributed by atoms with E-state index in [-0.39, 0.29) is 0 Å². The molecule has 0 spiro atoms. The van der Waals surface area contributed by atoms with E-state index in [1.165, 1.54) is 11.3 Å². The summed E-state index contributed by atoms with van der Waals surface area (Å²) < 4.78 is 2.61. The lowest BCUT2D eigenvalue weighted by molar-refractivity contribution is 0.940. The van der Waals surface area contributed by atoms with E-state index in [1.807, 2.05) is 23.7 Å². The minimum atomic E-state index is 0.513. The third kappa shape index (κ3) is 1.43. The zero-order chi connectivity index (χ0) is 9.42. The fourth-order valence-corrected chi connectivity index (χ4v) is 2.19. The minimum absolute atomic E-state index is 0.513. The molecule has 5 heteroatoms. The molecule has 0 aliphatic heterocycles. The summed E-state index contributed by atoms with van der Waals surface area (Å²) in [6.07, 6.45) is 1.75. The lowest BCUT2D eigenvalue weighted by atomic mass is 10.4. The fourth-order valence-electron chi connectivity index (χ4n) is 1.10. The Labute approximate surface area is 84.8 Å². The van der Waals surface area contributed by atoms with Gasteiger partial charge in [-0.3, -0.25) is 0 Å². The summed E-state index contributed by atoms with van der Waals surface area (Å²) in [4.78, 5) is 5.09. The van der Waals surface area contributed by atoms with Crippen LogP contribution in [0.3, 0.4) is 0 Å². The van der Waals surface area contributed by atoms with E-state index in [1.54, 1.807) is 6.20 Å². The van der Waals surface area contributed by atoms with Crippen LogP contribution >= 0.6 is 22.9 Å². The normalized spacial score (nSPS) is 10.6. The highest BCUT2D eigenvalue weighted by Crippen LogP contribution is 2.31. The van der Waals surface area contributed by atoms with E-state index in [4.69, 9.17) is 17.3 Å². The highest BCUT2D eigenvalue weighted by molar-refractivity contribution is 7.19. The molecule has 0 radical (unpaired) electrons. The van der Waals surface area contributed by atoms with Crippen LogP contribution in [0.2, 0.25) is 4.34 Å². The smallest absolute Gasteiger partial charge is 0.200 e. The van der Waals surface area contributed by atoms with Gasteiger partial charge >= 0.3 is 0 Å². The lowest BCUT2D eigenvalue weighted by Crippen LogP contribution is -1.97. The predicted octanol–water partition coefficient (Wildman–Crippen LogP) is 2.38. The molecule has 2 N–H and O–H groups in total. The Balaban J connectivity index is 2.52. The summed E-state index contributed by atoms with van der Waals surface area (Å²) in [6, 6.07) is 3.83. The van der Waals surface area contributed by atoms with Crippen molar-refractivity contribution in [3.8, 4) is 10.6 Å². The van der Waals surface area contributed by atoms with Crippen molar-refractivity contribution in [2.75, 3.05) is 5.73 Å². The van der Waals surface area contributed by atoms with Gasteiger partial charge in [-0.15, -0.1) is 11.3 Å². The molecule has 0 fully saturated rings. The molecule has 2 heterocycles. The highest BCUT2D eigenvalue weighted by Gasteiger charge is 2.07. The number of halogens is 1. The number of nitrogens with zero attached hydrogens (tertiary/aromatic N) is 2. The SMILES string of the molecule is Cn1c(-c2ccc(Cl)s2)cnc1N. The van der Waals surface area contributed by atoms with Crippen LogP contribution in [0.15, 0.2) is 18.3 Å². The fraction of sp³-hybridized carbons (Fsp3) is 0.125. The minimum Gasteiger partial charge on any atom is -0.369 e. The second kappa shape index (κ2) is 3.05. The van der Waals surface area contributed by atoms with Crippen molar-refractivity contribution in [1.82, 2.24) is 9.55 Å². The van der Waals surface area contributed by atoms with Gasteiger partial charge in [0.1, 0.15) is 0 Å². The number of nitrogen functional groups attached to an aromatic ring is 1. The van der Waals surface area contributed by atoms with Crippen molar-refractivity contribution in [3.05, 3.63) is 22.7 Å². The molecular weight excluding hydrogens is 206 g/mol.